The second-order valence-corrected chi connectivity index (χ2v) is 4.13. The number of carbonyl (C=O) groups excluding carboxylic acids is 1. The molecule has 0 aliphatic rings. The zero-order valence-corrected chi connectivity index (χ0v) is 10.1. The van der Waals surface area contributed by atoms with E-state index >= 15 is 0 Å². The maximum atomic E-state index is 11.8. The van der Waals surface area contributed by atoms with Crippen molar-refractivity contribution in [2.45, 2.75) is 13.8 Å². The average Bonchev–Trinajstić information content (AvgIpc) is 2.27. The first kappa shape index (κ1) is 11.4. The van der Waals surface area contributed by atoms with Gasteiger partial charge in [0.1, 0.15) is 0 Å². The van der Waals surface area contributed by atoms with Crippen LogP contribution in [0.2, 0.25) is 0 Å². The van der Waals surface area contributed by atoms with Gasteiger partial charge in [-0.05, 0) is 30.5 Å². The monoisotopic (exact) mass is 230 g/mol. The smallest absolute Gasteiger partial charge is 0.256 e. The van der Waals surface area contributed by atoms with Gasteiger partial charge in [-0.15, -0.1) is 0 Å². The summed E-state index contributed by atoms with van der Waals surface area (Å²) >= 11 is 0. The fourth-order valence-electron chi connectivity index (χ4n) is 1.77. The highest BCUT2D eigenvalue weighted by molar-refractivity contribution is 5.94. The largest absolute Gasteiger partial charge is 0.326 e. The van der Waals surface area contributed by atoms with Crippen LogP contribution in [0.5, 0.6) is 0 Å². The van der Waals surface area contributed by atoms with E-state index in [0.717, 1.165) is 16.8 Å². The Morgan fingerprint density at radius 2 is 2.00 bits per heavy atom. The molecule has 1 heterocycles. The van der Waals surface area contributed by atoms with Gasteiger partial charge in [0.2, 0.25) is 5.91 Å². The highest BCUT2D eigenvalue weighted by Gasteiger charge is 2.07. The number of rotatable bonds is 1. The Morgan fingerprint density at radius 1 is 1.29 bits per heavy atom. The van der Waals surface area contributed by atoms with Gasteiger partial charge in [0.25, 0.3) is 5.56 Å². The number of anilines is 1. The van der Waals surface area contributed by atoms with E-state index in [9.17, 15) is 9.59 Å². The van der Waals surface area contributed by atoms with Crippen LogP contribution in [0.4, 0.5) is 5.69 Å². The number of aromatic amines is 1. The van der Waals surface area contributed by atoms with Crippen molar-refractivity contribution < 1.29 is 4.79 Å². The topological polar surface area (TPSA) is 53.2 Å². The summed E-state index contributed by atoms with van der Waals surface area (Å²) in [6.07, 6.45) is 0. The lowest BCUT2D eigenvalue weighted by Crippen LogP contribution is -2.23. The van der Waals surface area contributed by atoms with Crippen LogP contribution < -0.4 is 10.5 Å². The summed E-state index contributed by atoms with van der Waals surface area (Å²) in [5.41, 5.74) is 1.42. The molecular formula is C13H14N2O2. The molecule has 4 nitrogen and oxygen atoms in total. The number of nitrogens with one attached hydrogen (secondary N) is 1. The maximum Gasteiger partial charge on any atom is 0.256 e. The molecule has 0 aliphatic carbocycles. The molecule has 0 unspecified atom stereocenters. The van der Waals surface area contributed by atoms with Crippen molar-refractivity contribution in [3.05, 3.63) is 40.3 Å². The zero-order chi connectivity index (χ0) is 12.6. The predicted octanol–water partition coefficient (Wildman–Crippen LogP) is 1.82. The van der Waals surface area contributed by atoms with Crippen LogP contribution >= 0.6 is 0 Å². The van der Waals surface area contributed by atoms with Crippen molar-refractivity contribution in [3.63, 3.8) is 0 Å². The number of amides is 1. The molecule has 0 atom stereocenters. The SMILES string of the molecule is CC(=O)N(C)c1ccc2cc(C)[nH]c(=O)c2c1. The Labute approximate surface area is 98.9 Å². The second-order valence-electron chi connectivity index (χ2n) is 4.13. The van der Waals surface area contributed by atoms with Crippen LogP contribution in [0.1, 0.15) is 12.6 Å². The highest BCUT2D eigenvalue weighted by atomic mass is 16.2. The number of benzene rings is 1. The van der Waals surface area contributed by atoms with Gasteiger partial charge in [0.05, 0.1) is 0 Å². The van der Waals surface area contributed by atoms with Gasteiger partial charge in [0.15, 0.2) is 0 Å². The first-order valence-corrected chi connectivity index (χ1v) is 5.37. The van der Waals surface area contributed by atoms with Crippen LogP contribution in [0, 0.1) is 6.92 Å². The molecule has 1 aromatic carbocycles. The van der Waals surface area contributed by atoms with E-state index in [-0.39, 0.29) is 11.5 Å². The summed E-state index contributed by atoms with van der Waals surface area (Å²) in [5, 5.41) is 1.48. The number of hydrogen-bond donors (Lipinski definition) is 1. The van der Waals surface area contributed by atoms with Crippen LogP contribution in [-0.4, -0.2) is 17.9 Å². The Balaban J connectivity index is 2.66. The normalized spacial score (nSPS) is 10.5. The van der Waals surface area contributed by atoms with Crippen molar-refractivity contribution in [2.24, 2.45) is 0 Å². The molecule has 2 aromatic rings. The fourth-order valence-corrected chi connectivity index (χ4v) is 1.77. The van der Waals surface area contributed by atoms with E-state index in [2.05, 4.69) is 4.98 Å². The van der Waals surface area contributed by atoms with Crippen molar-refractivity contribution in [1.29, 1.82) is 0 Å². The van der Waals surface area contributed by atoms with E-state index in [1.807, 2.05) is 25.1 Å². The van der Waals surface area contributed by atoms with E-state index in [4.69, 9.17) is 0 Å². The van der Waals surface area contributed by atoms with E-state index < -0.39 is 0 Å². The van der Waals surface area contributed by atoms with E-state index in [1.165, 1.54) is 11.8 Å². The minimum absolute atomic E-state index is 0.0621. The number of pyridine rings is 1. The lowest BCUT2D eigenvalue weighted by molar-refractivity contribution is -0.116. The molecule has 1 N–H and O–H groups in total. The summed E-state index contributed by atoms with van der Waals surface area (Å²) in [6, 6.07) is 7.33. The number of fused-ring (bicyclic) bond motifs is 1. The first-order chi connectivity index (χ1) is 7.99. The maximum absolute atomic E-state index is 11.8. The Hall–Kier alpha value is -2.10. The second kappa shape index (κ2) is 4.05. The molecule has 2 rings (SSSR count). The van der Waals surface area contributed by atoms with Crippen molar-refractivity contribution in [2.75, 3.05) is 11.9 Å². The van der Waals surface area contributed by atoms with Gasteiger partial charge < -0.3 is 9.88 Å². The Kier molecular flexibility index (Phi) is 2.71. The Morgan fingerprint density at radius 3 is 2.65 bits per heavy atom. The molecule has 0 fully saturated rings. The molecule has 0 bridgehead atoms. The highest BCUT2D eigenvalue weighted by Crippen LogP contribution is 2.19. The lowest BCUT2D eigenvalue weighted by Gasteiger charge is -2.15. The molecule has 0 saturated carbocycles. The molecule has 4 heteroatoms. The van der Waals surface area contributed by atoms with Crippen molar-refractivity contribution in [1.82, 2.24) is 4.98 Å². The molecular weight excluding hydrogens is 216 g/mol. The molecule has 0 aliphatic heterocycles. The summed E-state index contributed by atoms with van der Waals surface area (Å²) < 4.78 is 0. The minimum atomic E-state index is -0.126. The standard InChI is InChI=1S/C13H14N2O2/c1-8-6-10-4-5-11(15(3)9(2)16)7-12(10)13(17)14-8/h4-7H,1-3H3,(H,14,17). The fraction of sp³-hybridized carbons (Fsp3) is 0.231. The molecule has 1 aromatic heterocycles. The molecule has 17 heavy (non-hydrogen) atoms. The van der Waals surface area contributed by atoms with Crippen LogP contribution in [-0.2, 0) is 4.79 Å². The number of nitrogens with zero attached hydrogens (tertiary/aromatic N) is 1. The van der Waals surface area contributed by atoms with Gasteiger partial charge in [-0.1, -0.05) is 6.07 Å². The molecule has 0 radical (unpaired) electrons. The third-order valence-electron chi connectivity index (χ3n) is 2.82. The first-order valence-electron chi connectivity index (χ1n) is 5.37. The van der Waals surface area contributed by atoms with Crippen LogP contribution in [0.15, 0.2) is 29.1 Å². The van der Waals surface area contributed by atoms with Crippen LogP contribution in [0.25, 0.3) is 10.8 Å². The van der Waals surface area contributed by atoms with E-state index in [0.29, 0.717) is 5.39 Å². The Bertz CT molecular complexity index is 643. The molecule has 0 saturated heterocycles. The quantitative estimate of drug-likeness (QED) is 0.812. The zero-order valence-electron chi connectivity index (χ0n) is 10.1. The van der Waals surface area contributed by atoms with Gasteiger partial charge in [-0.25, -0.2) is 0 Å². The average molecular weight is 230 g/mol. The van der Waals surface area contributed by atoms with Gasteiger partial charge in [-0.2, -0.15) is 0 Å². The number of aromatic nitrogens is 1. The minimum Gasteiger partial charge on any atom is -0.326 e. The molecule has 88 valence electrons. The van der Waals surface area contributed by atoms with Crippen molar-refractivity contribution >= 4 is 22.4 Å². The predicted molar refractivity (Wildman–Crippen MR) is 68.4 cm³/mol. The van der Waals surface area contributed by atoms with E-state index in [1.54, 1.807) is 13.1 Å². The lowest BCUT2D eigenvalue weighted by atomic mass is 10.1. The summed E-state index contributed by atoms with van der Waals surface area (Å²) in [6.45, 7) is 3.33. The number of hydrogen-bond acceptors (Lipinski definition) is 2. The third kappa shape index (κ3) is 2.06. The van der Waals surface area contributed by atoms with Crippen molar-refractivity contribution in [3.8, 4) is 0 Å². The van der Waals surface area contributed by atoms with Crippen LogP contribution in [0.3, 0.4) is 0 Å². The molecule has 1 amide bonds. The van der Waals surface area contributed by atoms with Gasteiger partial charge in [-0.3, -0.25) is 9.59 Å². The summed E-state index contributed by atoms with van der Waals surface area (Å²) in [5.74, 6) is -0.0621. The van der Waals surface area contributed by atoms with Gasteiger partial charge in [0, 0.05) is 30.7 Å². The summed E-state index contributed by atoms with van der Waals surface area (Å²) in [4.78, 5) is 27.3. The summed E-state index contributed by atoms with van der Waals surface area (Å²) in [7, 11) is 1.69. The third-order valence-corrected chi connectivity index (χ3v) is 2.82. The number of H-pyrrole nitrogens is 1. The number of carbonyl (C=O) groups is 1. The number of aryl methyl sites for hydroxylation is 1. The molecule has 0 spiro atoms. The van der Waals surface area contributed by atoms with Gasteiger partial charge >= 0.3 is 0 Å².